The van der Waals surface area contributed by atoms with Crippen LogP contribution in [0.3, 0.4) is 0 Å². The molecule has 0 saturated heterocycles. The number of rotatable bonds is 2. The number of hydrogen-bond acceptors (Lipinski definition) is 3. The molecule has 3 nitrogen and oxygen atoms in total. The maximum Gasteiger partial charge on any atom is 0.186 e. The zero-order valence-corrected chi connectivity index (χ0v) is 8.47. The normalized spacial score (nSPS) is 16.5. The summed E-state index contributed by atoms with van der Waals surface area (Å²) < 4.78 is 13.5. The Morgan fingerprint density at radius 2 is 2.00 bits per heavy atom. The molecule has 1 N–H and O–H groups in total. The van der Waals surface area contributed by atoms with Crippen molar-refractivity contribution in [2.45, 2.75) is 39.2 Å². The molecule has 0 unspecified atom stereocenters. The summed E-state index contributed by atoms with van der Waals surface area (Å²) in [4.78, 5) is 8.02. The van der Waals surface area contributed by atoms with Crippen molar-refractivity contribution in [1.29, 1.82) is 0 Å². The molecule has 2 rings (SSSR count). The number of aryl methyl sites for hydroxylation is 2. The van der Waals surface area contributed by atoms with Gasteiger partial charge in [0.25, 0.3) is 0 Å². The van der Waals surface area contributed by atoms with E-state index >= 15 is 0 Å². The van der Waals surface area contributed by atoms with Crippen LogP contribution in [0.15, 0.2) is 0 Å². The molecule has 0 aliphatic heterocycles. The highest BCUT2D eigenvalue weighted by Gasteiger charge is 2.20. The summed E-state index contributed by atoms with van der Waals surface area (Å²) in [6.45, 7) is 3.44. The molecule has 1 saturated carbocycles. The molecule has 1 aliphatic rings. The SMILES string of the molecule is Cc1nc(C)c(F)c(NC2CCC2)n1. The van der Waals surface area contributed by atoms with Crippen molar-refractivity contribution < 1.29 is 4.39 Å². The monoisotopic (exact) mass is 195 g/mol. The number of hydrogen-bond donors (Lipinski definition) is 1. The molecular formula is C10H14FN3. The number of nitrogens with one attached hydrogen (secondary N) is 1. The Bertz CT molecular complexity index is 347. The second kappa shape index (κ2) is 3.52. The fraction of sp³-hybridized carbons (Fsp3) is 0.600. The summed E-state index contributed by atoms with van der Waals surface area (Å²) >= 11 is 0. The van der Waals surface area contributed by atoms with E-state index < -0.39 is 0 Å². The molecule has 1 fully saturated rings. The zero-order chi connectivity index (χ0) is 10.1. The van der Waals surface area contributed by atoms with E-state index in [-0.39, 0.29) is 5.82 Å². The maximum absolute atomic E-state index is 13.5. The van der Waals surface area contributed by atoms with Crippen molar-refractivity contribution in [3.63, 3.8) is 0 Å². The van der Waals surface area contributed by atoms with Crippen molar-refractivity contribution in [3.8, 4) is 0 Å². The van der Waals surface area contributed by atoms with Crippen molar-refractivity contribution in [3.05, 3.63) is 17.3 Å². The van der Waals surface area contributed by atoms with E-state index in [1.807, 2.05) is 0 Å². The van der Waals surface area contributed by atoms with Crippen LogP contribution in [0.2, 0.25) is 0 Å². The highest BCUT2D eigenvalue weighted by molar-refractivity contribution is 5.39. The van der Waals surface area contributed by atoms with E-state index in [4.69, 9.17) is 0 Å². The summed E-state index contributed by atoms with van der Waals surface area (Å²) in [6, 6.07) is 0.401. The minimum absolute atomic E-state index is 0.317. The van der Waals surface area contributed by atoms with Crippen LogP contribution >= 0.6 is 0 Å². The van der Waals surface area contributed by atoms with Gasteiger partial charge in [-0.1, -0.05) is 0 Å². The first-order valence-corrected chi connectivity index (χ1v) is 4.94. The van der Waals surface area contributed by atoms with Crippen LogP contribution in [0.25, 0.3) is 0 Å². The average molecular weight is 195 g/mol. The molecular weight excluding hydrogens is 181 g/mol. The molecule has 0 aromatic carbocycles. The van der Waals surface area contributed by atoms with E-state index in [1.54, 1.807) is 13.8 Å². The summed E-state index contributed by atoms with van der Waals surface area (Å²) in [5.74, 6) is 0.660. The van der Waals surface area contributed by atoms with E-state index in [0.29, 0.717) is 23.4 Å². The number of aromatic nitrogens is 2. The van der Waals surface area contributed by atoms with Crippen LogP contribution in [-0.2, 0) is 0 Å². The van der Waals surface area contributed by atoms with Gasteiger partial charge in [-0.15, -0.1) is 0 Å². The van der Waals surface area contributed by atoms with Crippen LogP contribution in [0.5, 0.6) is 0 Å². The van der Waals surface area contributed by atoms with Gasteiger partial charge in [0.2, 0.25) is 0 Å². The van der Waals surface area contributed by atoms with Gasteiger partial charge in [0.05, 0.1) is 5.69 Å². The van der Waals surface area contributed by atoms with Gasteiger partial charge < -0.3 is 5.32 Å². The topological polar surface area (TPSA) is 37.8 Å². The first-order chi connectivity index (χ1) is 6.66. The van der Waals surface area contributed by atoms with E-state index in [2.05, 4.69) is 15.3 Å². The predicted octanol–water partition coefficient (Wildman–Crippen LogP) is 2.20. The van der Waals surface area contributed by atoms with E-state index in [0.717, 1.165) is 12.8 Å². The Morgan fingerprint density at radius 3 is 2.57 bits per heavy atom. The maximum atomic E-state index is 13.5. The molecule has 4 heteroatoms. The molecule has 14 heavy (non-hydrogen) atoms. The number of anilines is 1. The lowest BCUT2D eigenvalue weighted by molar-refractivity contribution is 0.441. The number of halogens is 1. The van der Waals surface area contributed by atoms with Gasteiger partial charge in [-0.05, 0) is 33.1 Å². The Hall–Kier alpha value is -1.19. The van der Waals surface area contributed by atoms with Crippen molar-refractivity contribution >= 4 is 5.82 Å². The van der Waals surface area contributed by atoms with Crippen molar-refractivity contribution in [1.82, 2.24) is 9.97 Å². The Morgan fingerprint density at radius 1 is 1.29 bits per heavy atom. The standard InChI is InChI=1S/C10H14FN3/c1-6-9(11)10(13-7(2)12-6)14-8-4-3-5-8/h8H,3-5H2,1-2H3,(H,12,13,14). The fourth-order valence-electron chi connectivity index (χ4n) is 1.54. The van der Waals surface area contributed by atoms with Gasteiger partial charge in [-0.3, -0.25) is 0 Å². The molecule has 0 spiro atoms. The quantitative estimate of drug-likeness (QED) is 0.786. The fourth-order valence-corrected chi connectivity index (χ4v) is 1.54. The lowest BCUT2D eigenvalue weighted by Gasteiger charge is -2.27. The smallest absolute Gasteiger partial charge is 0.186 e. The van der Waals surface area contributed by atoms with Crippen LogP contribution in [0.1, 0.15) is 30.8 Å². The summed E-state index contributed by atoms with van der Waals surface area (Å²) in [5.41, 5.74) is 0.416. The third kappa shape index (κ3) is 1.69. The van der Waals surface area contributed by atoms with Crippen LogP contribution in [0.4, 0.5) is 10.2 Å². The molecule has 1 aromatic heterocycles. The Balaban J connectivity index is 2.22. The molecule has 76 valence electrons. The molecule has 0 amide bonds. The second-order valence-electron chi connectivity index (χ2n) is 3.79. The molecule has 1 heterocycles. The molecule has 0 atom stereocenters. The Labute approximate surface area is 82.8 Å². The second-order valence-corrected chi connectivity index (χ2v) is 3.79. The largest absolute Gasteiger partial charge is 0.365 e. The third-order valence-electron chi connectivity index (χ3n) is 2.57. The minimum atomic E-state index is -0.317. The molecule has 1 aromatic rings. The predicted molar refractivity (Wildman–Crippen MR) is 52.7 cm³/mol. The van der Waals surface area contributed by atoms with Crippen LogP contribution in [-0.4, -0.2) is 16.0 Å². The van der Waals surface area contributed by atoms with Gasteiger partial charge in [0, 0.05) is 6.04 Å². The summed E-state index contributed by atoms with van der Waals surface area (Å²) in [7, 11) is 0. The lowest BCUT2D eigenvalue weighted by Crippen LogP contribution is -2.28. The summed E-state index contributed by atoms with van der Waals surface area (Å²) in [5, 5.41) is 3.10. The average Bonchev–Trinajstić information content (AvgIpc) is 2.05. The molecule has 0 radical (unpaired) electrons. The van der Waals surface area contributed by atoms with Gasteiger partial charge in [0.1, 0.15) is 5.82 Å². The van der Waals surface area contributed by atoms with Crippen LogP contribution in [0, 0.1) is 19.7 Å². The van der Waals surface area contributed by atoms with E-state index in [1.165, 1.54) is 6.42 Å². The zero-order valence-electron chi connectivity index (χ0n) is 8.47. The first kappa shape index (κ1) is 9.37. The molecule has 1 aliphatic carbocycles. The van der Waals surface area contributed by atoms with Gasteiger partial charge in [0.15, 0.2) is 11.6 Å². The highest BCUT2D eigenvalue weighted by Crippen LogP contribution is 2.24. The van der Waals surface area contributed by atoms with Crippen molar-refractivity contribution in [2.75, 3.05) is 5.32 Å². The third-order valence-corrected chi connectivity index (χ3v) is 2.57. The van der Waals surface area contributed by atoms with Crippen LogP contribution < -0.4 is 5.32 Å². The number of nitrogens with zero attached hydrogens (tertiary/aromatic N) is 2. The van der Waals surface area contributed by atoms with Gasteiger partial charge in [-0.25, -0.2) is 14.4 Å². The van der Waals surface area contributed by atoms with E-state index in [9.17, 15) is 4.39 Å². The van der Waals surface area contributed by atoms with Crippen molar-refractivity contribution in [2.24, 2.45) is 0 Å². The lowest BCUT2D eigenvalue weighted by atomic mass is 9.93. The minimum Gasteiger partial charge on any atom is -0.365 e. The van der Waals surface area contributed by atoms with Gasteiger partial charge in [-0.2, -0.15) is 0 Å². The Kier molecular flexibility index (Phi) is 2.35. The first-order valence-electron chi connectivity index (χ1n) is 4.94. The molecule has 0 bridgehead atoms. The van der Waals surface area contributed by atoms with Gasteiger partial charge >= 0.3 is 0 Å². The summed E-state index contributed by atoms with van der Waals surface area (Å²) in [6.07, 6.45) is 3.45. The highest BCUT2D eigenvalue weighted by atomic mass is 19.1.